The number of hydrogen-bond donors (Lipinski definition) is 0. The van der Waals surface area contributed by atoms with Crippen LogP contribution in [0, 0.1) is 0 Å². The number of fused-ring (bicyclic) bond motifs is 1. The maximum absolute atomic E-state index is 12.8. The minimum atomic E-state index is -5.76. The fourth-order valence-corrected chi connectivity index (χ4v) is 4.28. The highest BCUT2D eigenvalue weighted by molar-refractivity contribution is 7.87. The summed E-state index contributed by atoms with van der Waals surface area (Å²) in [5.41, 5.74) is -3.27. The van der Waals surface area contributed by atoms with Crippen molar-refractivity contribution in [2.75, 3.05) is 13.1 Å². The molecular weight excluding hydrogens is 393 g/mol. The maximum atomic E-state index is 12.8. The number of halogens is 3. The quantitative estimate of drug-likeness (QED) is 0.539. The molecule has 0 bridgehead atoms. The first-order chi connectivity index (χ1) is 13.2. The number of para-hydroxylation sites is 1. The smallest absolute Gasteiger partial charge is 0.355 e. The van der Waals surface area contributed by atoms with Crippen molar-refractivity contribution in [2.24, 2.45) is 0 Å². The average Bonchev–Trinajstić information content (AvgIpc) is 3.05. The number of benzene rings is 1. The van der Waals surface area contributed by atoms with Crippen LogP contribution in [0.25, 0.3) is 10.9 Å². The van der Waals surface area contributed by atoms with Crippen LogP contribution in [0.1, 0.15) is 49.1 Å². The third-order valence-electron chi connectivity index (χ3n) is 5.55. The molecule has 0 spiro atoms. The van der Waals surface area contributed by atoms with E-state index in [1.807, 2.05) is 18.2 Å². The minimum Gasteiger partial charge on any atom is -0.355 e. The zero-order valence-corrected chi connectivity index (χ0v) is 16.0. The zero-order valence-electron chi connectivity index (χ0n) is 15.2. The average molecular weight is 414 g/mol. The molecule has 1 aliphatic heterocycles. The molecule has 1 aliphatic carbocycles. The summed E-state index contributed by atoms with van der Waals surface area (Å²) in [6.07, 6.45) is 5.23. The van der Waals surface area contributed by atoms with Gasteiger partial charge >= 0.3 is 15.6 Å². The van der Waals surface area contributed by atoms with E-state index in [1.165, 1.54) is 6.07 Å². The first-order valence-electron chi connectivity index (χ1n) is 9.40. The van der Waals surface area contributed by atoms with Crippen LogP contribution >= 0.6 is 0 Å². The second kappa shape index (κ2) is 7.18. The van der Waals surface area contributed by atoms with Crippen LogP contribution in [-0.2, 0) is 16.7 Å². The summed E-state index contributed by atoms with van der Waals surface area (Å²) >= 11 is 0. The largest absolute Gasteiger partial charge is 0.534 e. The first kappa shape index (κ1) is 19.4. The van der Waals surface area contributed by atoms with Gasteiger partial charge in [-0.25, -0.2) is 4.98 Å². The molecule has 152 valence electrons. The number of rotatable bonds is 5. The topological polar surface area (TPSA) is 59.5 Å². The van der Waals surface area contributed by atoms with Crippen molar-refractivity contribution in [2.45, 2.75) is 50.1 Å². The van der Waals surface area contributed by atoms with E-state index < -0.39 is 21.5 Å². The summed E-state index contributed by atoms with van der Waals surface area (Å²) in [6.45, 7) is 2.34. The third kappa shape index (κ3) is 3.69. The Morgan fingerprint density at radius 1 is 1.14 bits per heavy atom. The SMILES string of the molecule is O=S(=O)(Oc1cc(CN2CCCC2)c2cccc(C3CCC3)c2n1)C(F)(F)F. The minimum absolute atomic E-state index is 0.297. The lowest BCUT2D eigenvalue weighted by Gasteiger charge is -2.27. The van der Waals surface area contributed by atoms with Gasteiger partial charge in [0.1, 0.15) is 0 Å². The van der Waals surface area contributed by atoms with Crippen LogP contribution in [-0.4, -0.2) is 36.9 Å². The summed E-state index contributed by atoms with van der Waals surface area (Å²) < 4.78 is 65.7. The van der Waals surface area contributed by atoms with Gasteiger partial charge in [0.25, 0.3) is 0 Å². The molecule has 1 aromatic carbocycles. The molecule has 0 atom stereocenters. The van der Waals surface area contributed by atoms with Crippen LogP contribution in [0.3, 0.4) is 0 Å². The Bertz CT molecular complexity index is 982. The van der Waals surface area contributed by atoms with Gasteiger partial charge in [0.05, 0.1) is 5.52 Å². The van der Waals surface area contributed by atoms with Crippen LogP contribution in [0.5, 0.6) is 5.88 Å². The molecule has 0 radical (unpaired) electrons. The van der Waals surface area contributed by atoms with Crippen LogP contribution in [0.2, 0.25) is 0 Å². The Morgan fingerprint density at radius 3 is 2.46 bits per heavy atom. The highest BCUT2D eigenvalue weighted by Crippen LogP contribution is 2.40. The Kier molecular flexibility index (Phi) is 4.99. The number of hydrogen-bond acceptors (Lipinski definition) is 5. The molecule has 28 heavy (non-hydrogen) atoms. The number of alkyl halides is 3. The first-order valence-corrected chi connectivity index (χ1v) is 10.8. The summed E-state index contributed by atoms with van der Waals surface area (Å²) in [7, 11) is -5.76. The molecule has 1 saturated carbocycles. The summed E-state index contributed by atoms with van der Waals surface area (Å²) in [6, 6.07) is 7.06. The van der Waals surface area contributed by atoms with Crippen molar-refractivity contribution < 1.29 is 25.8 Å². The van der Waals surface area contributed by atoms with Crippen molar-refractivity contribution >= 4 is 21.0 Å². The predicted octanol–water partition coefficient (Wildman–Crippen LogP) is 4.33. The molecule has 0 amide bonds. The summed E-state index contributed by atoms with van der Waals surface area (Å²) in [4.78, 5) is 6.39. The molecular formula is C19H21F3N2O3S. The van der Waals surface area contributed by atoms with E-state index in [0.29, 0.717) is 18.0 Å². The standard InChI is InChI=1S/C19H21F3N2O3S/c20-19(21,22)28(25,26)27-17-11-14(12-24-9-1-2-10-24)16-8-4-7-15(18(16)23-17)13-5-3-6-13/h4,7-8,11,13H,1-3,5-6,9-10,12H2. The summed E-state index contributed by atoms with van der Waals surface area (Å²) in [5, 5.41) is 0.841. The monoisotopic (exact) mass is 414 g/mol. The maximum Gasteiger partial charge on any atom is 0.534 e. The fourth-order valence-electron chi connectivity index (χ4n) is 3.88. The van der Waals surface area contributed by atoms with E-state index in [1.54, 1.807) is 0 Å². The summed E-state index contributed by atoms with van der Waals surface area (Å²) in [5.74, 6) is -0.226. The highest BCUT2D eigenvalue weighted by Gasteiger charge is 2.49. The van der Waals surface area contributed by atoms with E-state index in [0.717, 1.165) is 61.7 Å². The molecule has 2 aromatic rings. The fraction of sp³-hybridized carbons (Fsp3) is 0.526. The lowest BCUT2D eigenvalue weighted by atomic mass is 9.79. The van der Waals surface area contributed by atoms with Crippen molar-refractivity contribution in [1.82, 2.24) is 9.88 Å². The van der Waals surface area contributed by atoms with Crippen molar-refractivity contribution in [1.29, 1.82) is 0 Å². The number of likely N-dealkylation sites (tertiary alicyclic amines) is 1. The normalized spacial score (nSPS) is 19.1. The van der Waals surface area contributed by atoms with Crippen LogP contribution in [0.4, 0.5) is 13.2 Å². The lowest BCUT2D eigenvalue weighted by Crippen LogP contribution is -2.28. The van der Waals surface area contributed by atoms with Gasteiger partial charge in [-0.05, 0) is 55.8 Å². The Balaban J connectivity index is 1.80. The molecule has 2 heterocycles. The van der Waals surface area contributed by atoms with Gasteiger partial charge in [-0.15, -0.1) is 0 Å². The lowest BCUT2D eigenvalue weighted by molar-refractivity contribution is -0.0501. The van der Waals surface area contributed by atoms with Crippen LogP contribution < -0.4 is 4.18 Å². The van der Waals surface area contributed by atoms with Gasteiger partial charge in [0, 0.05) is 18.0 Å². The van der Waals surface area contributed by atoms with E-state index >= 15 is 0 Å². The number of nitrogens with zero attached hydrogens (tertiary/aromatic N) is 2. The van der Waals surface area contributed by atoms with Gasteiger partial charge in [-0.1, -0.05) is 24.6 Å². The second-order valence-electron chi connectivity index (χ2n) is 7.46. The van der Waals surface area contributed by atoms with Crippen LogP contribution in [0.15, 0.2) is 24.3 Å². The van der Waals surface area contributed by atoms with Crippen molar-refractivity contribution in [3.63, 3.8) is 0 Å². The van der Waals surface area contributed by atoms with Gasteiger partial charge in [-0.2, -0.15) is 21.6 Å². The molecule has 1 aromatic heterocycles. The Morgan fingerprint density at radius 2 is 1.86 bits per heavy atom. The zero-order chi connectivity index (χ0) is 19.9. The molecule has 1 saturated heterocycles. The predicted molar refractivity (Wildman–Crippen MR) is 98.4 cm³/mol. The Hall–Kier alpha value is -1.87. The molecule has 2 fully saturated rings. The number of pyridine rings is 1. The van der Waals surface area contributed by atoms with Gasteiger partial charge in [0.15, 0.2) is 0 Å². The molecule has 0 unspecified atom stereocenters. The molecule has 0 N–H and O–H groups in total. The van der Waals surface area contributed by atoms with E-state index in [4.69, 9.17) is 0 Å². The van der Waals surface area contributed by atoms with E-state index in [-0.39, 0.29) is 0 Å². The van der Waals surface area contributed by atoms with E-state index in [9.17, 15) is 21.6 Å². The van der Waals surface area contributed by atoms with E-state index in [2.05, 4.69) is 14.1 Å². The second-order valence-corrected chi connectivity index (χ2v) is 9.00. The molecule has 9 heteroatoms. The molecule has 4 rings (SSSR count). The van der Waals surface area contributed by atoms with Crippen molar-refractivity contribution in [3.05, 3.63) is 35.4 Å². The number of aromatic nitrogens is 1. The molecule has 5 nitrogen and oxygen atoms in total. The van der Waals surface area contributed by atoms with Gasteiger partial charge in [0.2, 0.25) is 5.88 Å². The Labute approximate surface area is 161 Å². The third-order valence-corrected chi connectivity index (χ3v) is 6.51. The van der Waals surface area contributed by atoms with Crippen molar-refractivity contribution in [3.8, 4) is 5.88 Å². The molecule has 2 aliphatic rings. The van der Waals surface area contributed by atoms with Gasteiger partial charge < -0.3 is 4.18 Å². The van der Waals surface area contributed by atoms with Gasteiger partial charge in [-0.3, -0.25) is 4.90 Å². The highest BCUT2D eigenvalue weighted by atomic mass is 32.2.